The summed E-state index contributed by atoms with van der Waals surface area (Å²) in [4.78, 5) is 15.1. The van der Waals surface area contributed by atoms with E-state index in [4.69, 9.17) is 4.52 Å². The van der Waals surface area contributed by atoms with Gasteiger partial charge in [0.25, 0.3) is 0 Å². The number of carbonyl (C=O) groups excluding carboxylic acids is 1. The summed E-state index contributed by atoms with van der Waals surface area (Å²) in [5.74, 6) is 0.0645. The first-order valence-corrected chi connectivity index (χ1v) is 8.81. The molecule has 2 aromatic carbocycles. The maximum atomic E-state index is 14.0. The minimum absolute atomic E-state index is 0.0656. The standard InChI is InChI=1S/C21H17FN2O2/c22-16-7-3-2-6-15(16)18-13-19(23-26-18)21(10-11-21)20(25)24-12-9-14-5-1-4-8-17(14)24/h1-8,13H,9-12H2. The van der Waals surface area contributed by atoms with Gasteiger partial charge in [-0.25, -0.2) is 4.39 Å². The molecule has 1 saturated carbocycles. The molecule has 0 bridgehead atoms. The zero-order chi connectivity index (χ0) is 17.7. The molecule has 2 heterocycles. The third kappa shape index (κ3) is 2.20. The van der Waals surface area contributed by atoms with Crippen LogP contribution in [0.2, 0.25) is 0 Å². The van der Waals surface area contributed by atoms with Crippen LogP contribution in [0.5, 0.6) is 0 Å². The van der Waals surface area contributed by atoms with E-state index in [2.05, 4.69) is 11.2 Å². The van der Waals surface area contributed by atoms with E-state index in [1.807, 2.05) is 23.1 Å². The minimum atomic E-state index is -0.634. The number of hydrogen-bond acceptors (Lipinski definition) is 3. The van der Waals surface area contributed by atoms with Gasteiger partial charge >= 0.3 is 0 Å². The summed E-state index contributed by atoms with van der Waals surface area (Å²) in [5, 5.41) is 4.13. The number of anilines is 1. The fraction of sp³-hybridized carbons (Fsp3) is 0.238. The number of aromatic nitrogens is 1. The molecule has 26 heavy (non-hydrogen) atoms. The van der Waals surface area contributed by atoms with Crippen LogP contribution in [0.1, 0.15) is 24.1 Å². The van der Waals surface area contributed by atoms with Crippen LogP contribution in [0.15, 0.2) is 59.1 Å². The Morgan fingerprint density at radius 3 is 2.69 bits per heavy atom. The van der Waals surface area contributed by atoms with Gasteiger partial charge in [0.15, 0.2) is 5.76 Å². The predicted molar refractivity (Wildman–Crippen MR) is 95.3 cm³/mol. The predicted octanol–water partition coefficient (Wildman–Crippen LogP) is 4.10. The Kier molecular flexibility index (Phi) is 3.26. The summed E-state index contributed by atoms with van der Waals surface area (Å²) in [6.45, 7) is 0.692. The van der Waals surface area contributed by atoms with Crippen molar-refractivity contribution in [3.63, 3.8) is 0 Å². The first-order valence-electron chi connectivity index (χ1n) is 8.81. The molecule has 4 nitrogen and oxygen atoms in total. The van der Waals surface area contributed by atoms with Crippen molar-refractivity contribution in [1.29, 1.82) is 0 Å². The average Bonchev–Trinajstić information content (AvgIpc) is 3.14. The molecule has 1 amide bonds. The molecule has 0 radical (unpaired) electrons. The van der Waals surface area contributed by atoms with Crippen molar-refractivity contribution in [3.05, 3.63) is 71.7 Å². The van der Waals surface area contributed by atoms with E-state index in [0.717, 1.165) is 24.9 Å². The van der Waals surface area contributed by atoms with Crippen molar-refractivity contribution in [1.82, 2.24) is 5.16 Å². The highest BCUT2D eigenvalue weighted by Gasteiger charge is 2.56. The molecule has 0 saturated heterocycles. The van der Waals surface area contributed by atoms with E-state index in [-0.39, 0.29) is 11.7 Å². The Labute approximate surface area is 150 Å². The van der Waals surface area contributed by atoms with Crippen molar-refractivity contribution >= 4 is 11.6 Å². The Hall–Kier alpha value is -2.95. The summed E-state index contributed by atoms with van der Waals surface area (Å²) in [5.41, 5.74) is 2.52. The van der Waals surface area contributed by atoms with Gasteiger partial charge in [0.05, 0.1) is 16.7 Å². The lowest BCUT2D eigenvalue weighted by Gasteiger charge is -2.22. The van der Waals surface area contributed by atoms with Gasteiger partial charge in [0, 0.05) is 18.3 Å². The third-order valence-corrected chi connectivity index (χ3v) is 5.43. The number of hydrogen-bond donors (Lipinski definition) is 0. The average molecular weight is 348 g/mol. The molecule has 1 aromatic heterocycles. The summed E-state index contributed by atoms with van der Waals surface area (Å²) < 4.78 is 19.4. The lowest BCUT2D eigenvalue weighted by molar-refractivity contribution is -0.121. The summed E-state index contributed by atoms with van der Waals surface area (Å²) >= 11 is 0. The SMILES string of the molecule is O=C(N1CCc2ccccc21)C1(c2cc(-c3ccccc3F)on2)CC1. The molecule has 2 aliphatic rings. The number of halogens is 1. The highest BCUT2D eigenvalue weighted by Crippen LogP contribution is 2.51. The van der Waals surface area contributed by atoms with Crippen LogP contribution in [0.25, 0.3) is 11.3 Å². The van der Waals surface area contributed by atoms with Crippen LogP contribution >= 0.6 is 0 Å². The smallest absolute Gasteiger partial charge is 0.239 e. The van der Waals surface area contributed by atoms with Gasteiger partial charge in [-0.3, -0.25) is 4.79 Å². The molecule has 0 atom stereocenters. The molecule has 0 N–H and O–H groups in total. The molecule has 5 rings (SSSR count). The van der Waals surface area contributed by atoms with E-state index in [9.17, 15) is 9.18 Å². The van der Waals surface area contributed by atoms with E-state index in [1.54, 1.807) is 24.3 Å². The number of fused-ring (bicyclic) bond motifs is 1. The summed E-state index contributed by atoms with van der Waals surface area (Å²) in [6.07, 6.45) is 2.36. The Bertz CT molecular complexity index is 1010. The molecule has 1 aliphatic heterocycles. The molecular weight excluding hydrogens is 331 g/mol. The van der Waals surface area contributed by atoms with Crippen LogP contribution < -0.4 is 4.90 Å². The maximum Gasteiger partial charge on any atom is 0.239 e. The second kappa shape index (κ2) is 5.53. The van der Waals surface area contributed by atoms with Gasteiger partial charge < -0.3 is 9.42 Å². The molecule has 130 valence electrons. The van der Waals surface area contributed by atoms with E-state index >= 15 is 0 Å². The highest BCUT2D eigenvalue weighted by molar-refractivity contribution is 6.04. The number of benzene rings is 2. The van der Waals surface area contributed by atoms with E-state index in [1.165, 1.54) is 11.6 Å². The topological polar surface area (TPSA) is 46.3 Å². The summed E-state index contributed by atoms with van der Waals surface area (Å²) in [7, 11) is 0. The van der Waals surface area contributed by atoms with Gasteiger partial charge in [0.1, 0.15) is 5.82 Å². The number of nitrogens with zero attached hydrogens (tertiary/aromatic N) is 2. The van der Waals surface area contributed by atoms with Crippen LogP contribution in [-0.4, -0.2) is 17.6 Å². The first kappa shape index (κ1) is 15.3. The number of rotatable bonds is 3. The molecule has 1 aliphatic carbocycles. The maximum absolute atomic E-state index is 14.0. The van der Waals surface area contributed by atoms with E-state index < -0.39 is 5.41 Å². The molecule has 1 fully saturated rings. The molecule has 3 aromatic rings. The van der Waals surface area contributed by atoms with E-state index in [0.29, 0.717) is 23.6 Å². The van der Waals surface area contributed by atoms with Crippen molar-refractivity contribution in [2.75, 3.05) is 11.4 Å². The highest BCUT2D eigenvalue weighted by atomic mass is 19.1. The number of amides is 1. The summed E-state index contributed by atoms with van der Waals surface area (Å²) in [6, 6.07) is 16.1. The fourth-order valence-electron chi connectivity index (χ4n) is 3.80. The van der Waals surface area contributed by atoms with Crippen molar-refractivity contribution in [2.45, 2.75) is 24.7 Å². The van der Waals surface area contributed by atoms with Gasteiger partial charge in [-0.2, -0.15) is 0 Å². The lowest BCUT2D eigenvalue weighted by Crippen LogP contribution is -2.38. The number of para-hydroxylation sites is 1. The van der Waals surface area contributed by atoms with Crippen molar-refractivity contribution in [3.8, 4) is 11.3 Å². The Morgan fingerprint density at radius 2 is 1.88 bits per heavy atom. The molecule has 0 unspecified atom stereocenters. The van der Waals surface area contributed by atoms with Gasteiger partial charge in [-0.15, -0.1) is 0 Å². The van der Waals surface area contributed by atoms with Crippen LogP contribution in [0, 0.1) is 5.82 Å². The first-order chi connectivity index (χ1) is 12.7. The molecular formula is C21H17FN2O2. The van der Waals surface area contributed by atoms with Crippen molar-refractivity contribution in [2.24, 2.45) is 0 Å². The third-order valence-electron chi connectivity index (χ3n) is 5.43. The largest absolute Gasteiger partial charge is 0.356 e. The Balaban J connectivity index is 1.48. The normalized spacial score (nSPS) is 17.2. The fourth-order valence-corrected chi connectivity index (χ4v) is 3.80. The molecule has 5 heteroatoms. The minimum Gasteiger partial charge on any atom is -0.356 e. The van der Waals surface area contributed by atoms with Crippen molar-refractivity contribution < 1.29 is 13.7 Å². The zero-order valence-electron chi connectivity index (χ0n) is 14.1. The monoisotopic (exact) mass is 348 g/mol. The number of carbonyl (C=O) groups is 1. The van der Waals surface area contributed by atoms with Gasteiger partial charge in [0.2, 0.25) is 5.91 Å². The second-order valence-electron chi connectivity index (χ2n) is 6.97. The van der Waals surface area contributed by atoms with Crippen LogP contribution in [0.4, 0.5) is 10.1 Å². The second-order valence-corrected chi connectivity index (χ2v) is 6.97. The van der Waals surface area contributed by atoms with Gasteiger partial charge in [-0.1, -0.05) is 35.5 Å². The van der Waals surface area contributed by atoms with Crippen LogP contribution in [0.3, 0.4) is 0 Å². The van der Waals surface area contributed by atoms with Gasteiger partial charge in [-0.05, 0) is 43.0 Å². The molecule has 0 spiro atoms. The van der Waals surface area contributed by atoms with Crippen LogP contribution in [-0.2, 0) is 16.6 Å². The Morgan fingerprint density at radius 1 is 1.12 bits per heavy atom. The quantitative estimate of drug-likeness (QED) is 0.716. The zero-order valence-corrected chi connectivity index (χ0v) is 14.1. The lowest BCUT2D eigenvalue weighted by atomic mass is 9.99.